The van der Waals surface area contributed by atoms with Crippen LogP contribution >= 0.6 is 0 Å². The van der Waals surface area contributed by atoms with E-state index >= 15 is 0 Å². The summed E-state index contributed by atoms with van der Waals surface area (Å²) in [6.45, 7) is 8.54. The zero-order valence-corrected chi connectivity index (χ0v) is 14.1. The number of aliphatic hydroxyl groups excluding tert-OH is 1. The molecule has 1 aromatic rings. The Balaban J connectivity index is 2.26. The van der Waals surface area contributed by atoms with E-state index in [1.807, 2.05) is 27.7 Å². The predicted octanol–water partition coefficient (Wildman–Crippen LogP) is 3.68. The van der Waals surface area contributed by atoms with Crippen LogP contribution in [-0.2, 0) is 11.2 Å². The molecule has 1 aliphatic heterocycles. The predicted molar refractivity (Wildman–Crippen MR) is 88.3 cm³/mol. The Morgan fingerprint density at radius 1 is 1.41 bits per heavy atom. The first-order valence-electron chi connectivity index (χ1n) is 8.01. The Hall–Kier alpha value is -1.55. The molecule has 1 amide bonds. The fraction of sp³-hybridized carbons (Fsp3) is 0.611. The fourth-order valence-electron chi connectivity index (χ4n) is 2.89. The SMILES string of the molecule is Cc1ccc2c(c1)N(C(=O)OC(C)(C)C)C[C@H](CCCO)C2. The van der Waals surface area contributed by atoms with Crippen molar-refractivity contribution < 1.29 is 14.6 Å². The zero-order chi connectivity index (χ0) is 16.3. The van der Waals surface area contributed by atoms with E-state index in [1.165, 1.54) is 5.56 Å². The van der Waals surface area contributed by atoms with Gasteiger partial charge in [0.05, 0.1) is 5.69 Å². The molecule has 0 saturated carbocycles. The highest BCUT2D eigenvalue weighted by atomic mass is 16.6. The Kier molecular flexibility index (Phi) is 5.12. The highest BCUT2D eigenvalue weighted by Gasteiger charge is 2.31. The highest BCUT2D eigenvalue weighted by molar-refractivity contribution is 5.89. The summed E-state index contributed by atoms with van der Waals surface area (Å²) in [5.41, 5.74) is 2.79. The van der Waals surface area contributed by atoms with Crippen molar-refractivity contribution in [2.24, 2.45) is 5.92 Å². The lowest BCUT2D eigenvalue weighted by atomic mass is 9.89. The van der Waals surface area contributed by atoms with E-state index in [0.29, 0.717) is 12.5 Å². The van der Waals surface area contributed by atoms with Gasteiger partial charge in [-0.25, -0.2) is 4.79 Å². The van der Waals surface area contributed by atoms with Gasteiger partial charge in [0.1, 0.15) is 5.60 Å². The summed E-state index contributed by atoms with van der Waals surface area (Å²) in [5.74, 6) is 0.370. The molecule has 0 bridgehead atoms. The highest BCUT2D eigenvalue weighted by Crippen LogP contribution is 2.33. The summed E-state index contributed by atoms with van der Waals surface area (Å²) in [6, 6.07) is 6.25. The lowest BCUT2D eigenvalue weighted by molar-refractivity contribution is 0.0570. The smallest absolute Gasteiger partial charge is 0.414 e. The first-order chi connectivity index (χ1) is 10.3. The average molecular weight is 305 g/mol. The molecule has 0 aromatic heterocycles. The van der Waals surface area contributed by atoms with Crippen LogP contribution in [0, 0.1) is 12.8 Å². The molecule has 2 rings (SSSR count). The third kappa shape index (κ3) is 4.23. The van der Waals surface area contributed by atoms with Crippen molar-refractivity contribution >= 4 is 11.8 Å². The number of fused-ring (bicyclic) bond motifs is 1. The molecule has 1 aliphatic rings. The normalized spacial score (nSPS) is 18.0. The maximum absolute atomic E-state index is 12.6. The summed E-state index contributed by atoms with van der Waals surface area (Å²) in [5, 5.41) is 9.05. The maximum atomic E-state index is 12.6. The van der Waals surface area contributed by atoms with Gasteiger partial charge in [0.15, 0.2) is 0 Å². The second-order valence-electron chi connectivity index (χ2n) is 7.16. The van der Waals surface area contributed by atoms with Crippen molar-refractivity contribution in [2.75, 3.05) is 18.1 Å². The Labute approximate surface area is 133 Å². The number of anilines is 1. The molecule has 1 aromatic carbocycles. The molecule has 1 N–H and O–H groups in total. The molecule has 1 heterocycles. The summed E-state index contributed by atoms with van der Waals surface area (Å²) < 4.78 is 5.56. The van der Waals surface area contributed by atoms with Crippen LogP contribution in [0.5, 0.6) is 0 Å². The van der Waals surface area contributed by atoms with Crippen LogP contribution in [0.2, 0.25) is 0 Å². The molecule has 0 saturated heterocycles. The van der Waals surface area contributed by atoms with Crippen LogP contribution in [0.15, 0.2) is 18.2 Å². The van der Waals surface area contributed by atoms with Crippen LogP contribution in [0.3, 0.4) is 0 Å². The van der Waals surface area contributed by atoms with Crippen molar-refractivity contribution in [3.8, 4) is 0 Å². The van der Waals surface area contributed by atoms with Gasteiger partial charge in [0.2, 0.25) is 0 Å². The van der Waals surface area contributed by atoms with Gasteiger partial charge in [-0.1, -0.05) is 12.1 Å². The van der Waals surface area contributed by atoms with Crippen molar-refractivity contribution in [1.82, 2.24) is 0 Å². The van der Waals surface area contributed by atoms with E-state index in [9.17, 15) is 4.79 Å². The quantitative estimate of drug-likeness (QED) is 0.926. The van der Waals surface area contributed by atoms with Crippen molar-refractivity contribution in [2.45, 2.75) is 52.6 Å². The minimum absolute atomic E-state index is 0.198. The summed E-state index contributed by atoms with van der Waals surface area (Å²) >= 11 is 0. The van der Waals surface area contributed by atoms with Crippen LogP contribution in [0.25, 0.3) is 0 Å². The van der Waals surface area contributed by atoms with Gasteiger partial charge < -0.3 is 9.84 Å². The van der Waals surface area contributed by atoms with Crippen LogP contribution in [-0.4, -0.2) is 30.0 Å². The lowest BCUT2D eigenvalue weighted by Gasteiger charge is -2.36. The third-order valence-electron chi connectivity index (χ3n) is 3.87. The molecule has 0 spiro atoms. The zero-order valence-electron chi connectivity index (χ0n) is 14.1. The molecule has 4 nitrogen and oxygen atoms in total. The molecule has 22 heavy (non-hydrogen) atoms. The summed E-state index contributed by atoms with van der Waals surface area (Å²) in [7, 11) is 0. The Bertz CT molecular complexity index is 534. The number of ether oxygens (including phenoxy) is 1. The van der Waals surface area contributed by atoms with E-state index in [4.69, 9.17) is 9.84 Å². The second kappa shape index (κ2) is 6.69. The van der Waals surface area contributed by atoms with Crippen molar-refractivity contribution in [3.05, 3.63) is 29.3 Å². The van der Waals surface area contributed by atoms with Crippen LogP contribution < -0.4 is 4.90 Å². The number of aryl methyl sites for hydroxylation is 1. The van der Waals surface area contributed by atoms with Gasteiger partial charge in [-0.15, -0.1) is 0 Å². The number of nitrogens with zero attached hydrogens (tertiary/aromatic N) is 1. The van der Waals surface area contributed by atoms with Gasteiger partial charge in [-0.2, -0.15) is 0 Å². The van der Waals surface area contributed by atoms with Crippen LogP contribution in [0.4, 0.5) is 10.5 Å². The molecule has 1 atom stereocenters. The van der Waals surface area contributed by atoms with E-state index in [-0.39, 0.29) is 12.7 Å². The standard InChI is InChI=1S/C18H27NO3/c1-13-7-8-15-11-14(6-5-9-20)12-19(16(15)10-13)17(21)22-18(2,3)4/h7-8,10,14,20H,5-6,9,11-12H2,1-4H3/t14-/m1/s1. The number of hydrogen-bond acceptors (Lipinski definition) is 3. The number of hydrogen-bond donors (Lipinski definition) is 1. The molecule has 0 fully saturated rings. The van der Waals surface area contributed by atoms with Crippen molar-refractivity contribution in [3.63, 3.8) is 0 Å². The third-order valence-corrected chi connectivity index (χ3v) is 3.87. The maximum Gasteiger partial charge on any atom is 0.414 e. The number of carbonyl (C=O) groups is 1. The van der Waals surface area contributed by atoms with Crippen LogP contribution in [0.1, 0.15) is 44.7 Å². The molecular formula is C18H27NO3. The monoisotopic (exact) mass is 305 g/mol. The van der Waals surface area contributed by atoms with E-state index in [1.54, 1.807) is 4.90 Å². The number of benzene rings is 1. The molecule has 0 unspecified atom stereocenters. The molecule has 0 aliphatic carbocycles. The van der Waals surface area contributed by atoms with E-state index in [2.05, 4.69) is 18.2 Å². The minimum atomic E-state index is -0.501. The van der Waals surface area contributed by atoms with E-state index in [0.717, 1.165) is 30.5 Å². The molecule has 122 valence electrons. The number of carbonyl (C=O) groups excluding carboxylic acids is 1. The minimum Gasteiger partial charge on any atom is -0.443 e. The van der Waals surface area contributed by atoms with Gasteiger partial charge >= 0.3 is 6.09 Å². The van der Waals surface area contributed by atoms with Gasteiger partial charge in [-0.3, -0.25) is 4.90 Å². The number of aliphatic hydroxyl groups is 1. The lowest BCUT2D eigenvalue weighted by Crippen LogP contribution is -2.43. The van der Waals surface area contributed by atoms with Crippen molar-refractivity contribution in [1.29, 1.82) is 0 Å². The molecule has 0 radical (unpaired) electrons. The largest absolute Gasteiger partial charge is 0.443 e. The first kappa shape index (κ1) is 16.8. The first-order valence-corrected chi connectivity index (χ1v) is 8.01. The number of rotatable bonds is 3. The fourth-order valence-corrected chi connectivity index (χ4v) is 2.89. The topological polar surface area (TPSA) is 49.8 Å². The molecule has 4 heteroatoms. The average Bonchev–Trinajstić information content (AvgIpc) is 2.42. The van der Waals surface area contributed by atoms with Gasteiger partial charge in [0, 0.05) is 13.2 Å². The van der Waals surface area contributed by atoms with Gasteiger partial charge in [0.25, 0.3) is 0 Å². The summed E-state index contributed by atoms with van der Waals surface area (Å²) in [4.78, 5) is 14.3. The Morgan fingerprint density at radius 2 is 2.14 bits per heavy atom. The second-order valence-corrected chi connectivity index (χ2v) is 7.16. The number of amides is 1. The molecular weight excluding hydrogens is 278 g/mol. The Morgan fingerprint density at radius 3 is 2.77 bits per heavy atom. The van der Waals surface area contributed by atoms with E-state index < -0.39 is 5.60 Å². The van der Waals surface area contributed by atoms with Gasteiger partial charge in [-0.05, 0) is 70.1 Å². The summed E-state index contributed by atoms with van der Waals surface area (Å²) in [6.07, 6.45) is 2.36.